The van der Waals surface area contributed by atoms with Gasteiger partial charge in [0.25, 0.3) is 11.5 Å². The van der Waals surface area contributed by atoms with Crippen LogP contribution in [0.15, 0.2) is 10.9 Å². The maximum Gasteiger partial charge on any atom is 0.278 e. The number of Topliss-reactive ketones (excluding diaryl/α,β-unsaturated/α-hetero) is 1. The predicted molar refractivity (Wildman–Crippen MR) is 72.9 cm³/mol. The number of fused-ring (bicyclic) bond motifs is 2. The normalized spacial score (nSPS) is 14.4. The topological polar surface area (TPSA) is 87.5 Å². The molecule has 0 radical (unpaired) electrons. The van der Waals surface area contributed by atoms with Crippen molar-refractivity contribution >= 4 is 17.3 Å². The first-order chi connectivity index (χ1) is 9.40. The number of amides is 1. The molecule has 7 heteroatoms. The fraction of sp³-hybridized carbons (Fsp3) is 0.385. The number of H-pyrrole nitrogens is 1. The molecule has 0 saturated heterocycles. The maximum atomic E-state index is 12.4. The lowest BCUT2D eigenvalue weighted by Gasteiger charge is -2.19. The molecule has 0 aliphatic carbocycles. The van der Waals surface area contributed by atoms with Crippen LogP contribution in [0.1, 0.15) is 48.7 Å². The van der Waals surface area contributed by atoms with Gasteiger partial charge >= 0.3 is 0 Å². The Morgan fingerprint density at radius 1 is 1.45 bits per heavy atom. The highest BCUT2D eigenvalue weighted by molar-refractivity contribution is 5.97. The highest BCUT2D eigenvalue weighted by Crippen LogP contribution is 2.21. The highest BCUT2D eigenvalue weighted by atomic mass is 16.2. The lowest BCUT2D eigenvalue weighted by molar-refractivity contribution is 0.0726. The van der Waals surface area contributed by atoms with Crippen LogP contribution in [0.3, 0.4) is 0 Å². The van der Waals surface area contributed by atoms with Gasteiger partial charge in [0.05, 0.1) is 12.1 Å². The first kappa shape index (κ1) is 12.6. The molecular weight excluding hydrogens is 260 g/mol. The molecule has 1 amide bonds. The molecule has 0 aromatic carbocycles. The molecule has 7 nitrogen and oxygen atoms in total. The molecule has 1 aliphatic rings. The van der Waals surface area contributed by atoms with Crippen molar-refractivity contribution in [2.24, 2.45) is 0 Å². The average Bonchev–Trinajstić information content (AvgIpc) is 2.93. The number of ketones is 1. The van der Waals surface area contributed by atoms with E-state index in [1.807, 2.05) is 13.8 Å². The molecule has 0 unspecified atom stereocenters. The van der Waals surface area contributed by atoms with Gasteiger partial charge in [-0.1, -0.05) is 0 Å². The number of hydrogen-bond donors (Lipinski definition) is 1. The largest absolute Gasteiger partial charge is 0.330 e. The van der Waals surface area contributed by atoms with Crippen molar-refractivity contribution in [2.75, 3.05) is 0 Å². The van der Waals surface area contributed by atoms with E-state index < -0.39 is 0 Å². The van der Waals surface area contributed by atoms with E-state index >= 15 is 0 Å². The van der Waals surface area contributed by atoms with Crippen molar-refractivity contribution in [1.29, 1.82) is 0 Å². The Labute approximate surface area is 115 Å². The summed E-state index contributed by atoms with van der Waals surface area (Å²) in [6, 6.07) is 1.49. The van der Waals surface area contributed by atoms with E-state index in [-0.39, 0.29) is 42.6 Å². The summed E-state index contributed by atoms with van der Waals surface area (Å²) in [5.41, 5.74) is 0.828. The third-order valence-electron chi connectivity index (χ3n) is 3.50. The molecule has 0 saturated carbocycles. The minimum atomic E-state index is -0.325. The molecule has 3 rings (SSSR count). The summed E-state index contributed by atoms with van der Waals surface area (Å²) in [6.45, 7) is 5.44. The smallest absolute Gasteiger partial charge is 0.278 e. The fourth-order valence-corrected chi connectivity index (χ4v) is 2.35. The summed E-state index contributed by atoms with van der Waals surface area (Å²) in [5, 5.41) is 2.71. The van der Waals surface area contributed by atoms with Gasteiger partial charge in [-0.05, 0) is 13.8 Å². The summed E-state index contributed by atoms with van der Waals surface area (Å²) >= 11 is 0. The third-order valence-corrected chi connectivity index (χ3v) is 3.50. The molecule has 0 bridgehead atoms. The molecule has 3 heterocycles. The van der Waals surface area contributed by atoms with Gasteiger partial charge in [0.2, 0.25) is 0 Å². The summed E-state index contributed by atoms with van der Waals surface area (Å²) in [4.78, 5) is 41.7. The Morgan fingerprint density at radius 2 is 2.15 bits per heavy atom. The summed E-state index contributed by atoms with van der Waals surface area (Å²) < 4.78 is 1.21. The van der Waals surface area contributed by atoms with Crippen LogP contribution in [0.25, 0.3) is 5.65 Å². The minimum absolute atomic E-state index is 0. The second kappa shape index (κ2) is 4.03. The number of carbonyl (C=O) groups is 2. The average molecular weight is 276 g/mol. The van der Waals surface area contributed by atoms with Crippen molar-refractivity contribution in [1.82, 2.24) is 19.5 Å². The summed E-state index contributed by atoms with van der Waals surface area (Å²) in [6.07, 6.45) is 0. The zero-order valence-corrected chi connectivity index (χ0v) is 11.4. The first-order valence-electron chi connectivity index (χ1n) is 6.36. The molecule has 20 heavy (non-hydrogen) atoms. The first-order valence-corrected chi connectivity index (χ1v) is 6.36. The van der Waals surface area contributed by atoms with E-state index in [9.17, 15) is 14.4 Å². The maximum absolute atomic E-state index is 12.4. The molecule has 2 aromatic rings. The minimum Gasteiger partial charge on any atom is -0.330 e. The Bertz CT molecular complexity index is 806. The van der Waals surface area contributed by atoms with Crippen LogP contribution in [0.4, 0.5) is 0 Å². The monoisotopic (exact) mass is 276 g/mol. The van der Waals surface area contributed by atoms with E-state index in [2.05, 4.69) is 10.1 Å². The summed E-state index contributed by atoms with van der Waals surface area (Å²) in [7, 11) is 0. The van der Waals surface area contributed by atoms with Crippen LogP contribution >= 0.6 is 0 Å². The Kier molecular flexibility index (Phi) is 2.53. The van der Waals surface area contributed by atoms with Crippen molar-refractivity contribution in [3.63, 3.8) is 0 Å². The van der Waals surface area contributed by atoms with Crippen LogP contribution in [0, 0.1) is 0 Å². The van der Waals surface area contributed by atoms with Gasteiger partial charge in [-0.2, -0.15) is 0 Å². The second-order valence-electron chi connectivity index (χ2n) is 5.19. The number of nitrogens with one attached hydrogen (secondary N) is 1. The van der Waals surface area contributed by atoms with Gasteiger partial charge in [-0.3, -0.25) is 19.5 Å². The number of hydrogen-bond acceptors (Lipinski definition) is 4. The number of nitrogens with zero attached hydrogens (tertiary/aromatic N) is 3. The zero-order valence-electron chi connectivity index (χ0n) is 11.4. The molecule has 106 valence electrons. The van der Waals surface area contributed by atoms with Crippen LogP contribution in [-0.4, -0.2) is 37.2 Å². The molecule has 0 atom stereocenters. The Morgan fingerprint density at radius 3 is 2.75 bits per heavy atom. The molecule has 1 aliphatic heterocycles. The number of aromatic amines is 1. The lowest BCUT2D eigenvalue weighted by atomic mass is 10.2. The third kappa shape index (κ3) is 1.59. The quantitative estimate of drug-likeness (QED) is 0.823. The van der Waals surface area contributed by atoms with Crippen molar-refractivity contribution < 1.29 is 11.0 Å². The fourth-order valence-electron chi connectivity index (χ4n) is 2.35. The molecule has 0 fully saturated rings. The van der Waals surface area contributed by atoms with Crippen molar-refractivity contribution in [2.45, 2.75) is 33.4 Å². The lowest BCUT2D eigenvalue weighted by Crippen LogP contribution is -2.31. The molecule has 2 aromatic heterocycles. The predicted octanol–water partition coefficient (Wildman–Crippen LogP) is 0.835. The number of aromatic nitrogens is 3. The van der Waals surface area contributed by atoms with Gasteiger partial charge in [0.15, 0.2) is 11.4 Å². The van der Waals surface area contributed by atoms with E-state index in [4.69, 9.17) is 0 Å². The molecule has 0 spiro atoms. The van der Waals surface area contributed by atoms with E-state index in [0.29, 0.717) is 11.3 Å². The number of rotatable bonds is 2. The molecular formula is C13H16N4O3. The summed E-state index contributed by atoms with van der Waals surface area (Å²) in [5.74, 6) is -0.426. The van der Waals surface area contributed by atoms with Crippen molar-refractivity contribution in [3.8, 4) is 0 Å². The van der Waals surface area contributed by atoms with Gasteiger partial charge in [-0.15, -0.1) is 0 Å². The van der Waals surface area contributed by atoms with Gasteiger partial charge in [0.1, 0.15) is 11.4 Å². The highest BCUT2D eigenvalue weighted by Gasteiger charge is 2.34. The zero-order chi connectivity index (χ0) is 14.6. The van der Waals surface area contributed by atoms with Gasteiger partial charge in [-0.25, -0.2) is 9.50 Å². The Hall–Kier alpha value is -2.44. The van der Waals surface area contributed by atoms with Crippen LogP contribution in [0.2, 0.25) is 0 Å². The van der Waals surface area contributed by atoms with E-state index in [1.165, 1.54) is 17.5 Å². The van der Waals surface area contributed by atoms with E-state index in [1.54, 1.807) is 4.90 Å². The number of carbonyl (C=O) groups excluding carboxylic acids is 2. The van der Waals surface area contributed by atoms with Gasteiger partial charge < -0.3 is 4.90 Å². The molecule has 1 N–H and O–H groups in total. The van der Waals surface area contributed by atoms with Crippen LogP contribution in [-0.2, 0) is 6.54 Å². The standard InChI is InChI=1S/C13H14N4O3.H2/c1-6(2)16-5-8-11(13(16)20)14-10-4-9(7(3)18)15-17(10)12(8)19;/h4,6,15H,5H2,1-3H3;1H. The Balaban J connectivity index is 0.00000161. The second-order valence-corrected chi connectivity index (χ2v) is 5.19. The SMILES string of the molecule is CC(=O)c1cc2nc3c(c(=O)n2[nH]1)CN(C(C)C)C3=O.[HH]. The van der Waals surface area contributed by atoms with Crippen LogP contribution in [0.5, 0.6) is 0 Å². The van der Waals surface area contributed by atoms with E-state index in [0.717, 1.165) is 0 Å². The van der Waals surface area contributed by atoms with Gasteiger partial charge in [0, 0.05) is 20.5 Å². The van der Waals surface area contributed by atoms with Crippen molar-refractivity contribution in [3.05, 3.63) is 33.4 Å². The van der Waals surface area contributed by atoms with Crippen LogP contribution < -0.4 is 5.56 Å².